The molecule has 1 aromatic rings. The van der Waals surface area contributed by atoms with E-state index >= 15 is 0 Å². The van der Waals surface area contributed by atoms with Gasteiger partial charge in [-0.2, -0.15) is 0 Å². The van der Waals surface area contributed by atoms with Gasteiger partial charge in [-0.15, -0.1) is 0 Å². The lowest BCUT2D eigenvalue weighted by Gasteiger charge is -2.15. The van der Waals surface area contributed by atoms with Crippen molar-refractivity contribution < 1.29 is 34.1 Å². The number of carboxylic acid groups (broad SMARTS) is 2. The number of carbonyl (C=O) groups excluding carboxylic acids is 2. The molecule has 9 nitrogen and oxygen atoms in total. The van der Waals surface area contributed by atoms with Gasteiger partial charge in [-0.3, -0.25) is 14.4 Å². The van der Waals surface area contributed by atoms with Crippen LogP contribution in [-0.4, -0.2) is 52.7 Å². The number of rotatable bonds is 13. The largest absolute Gasteiger partial charge is 0.480 e. The predicted molar refractivity (Wildman–Crippen MR) is 99.4 cm³/mol. The van der Waals surface area contributed by atoms with Gasteiger partial charge in [0.1, 0.15) is 12.1 Å². The van der Waals surface area contributed by atoms with Crippen LogP contribution in [0.25, 0.3) is 0 Å². The van der Waals surface area contributed by atoms with Crippen LogP contribution in [0.3, 0.4) is 0 Å². The minimum absolute atomic E-state index is 0.114. The third-order valence-electron chi connectivity index (χ3n) is 3.99. The number of ether oxygens (including phenoxy) is 1. The lowest BCUT2D eigenvalue weighted by Crippen LogP contribution is -2.42. The van der Waals surface area contributed by atoms with Crippen molar-refractivity contribution in [2.24, 2.45) is 5.73 Å². The zero-order chi connectivity index (χ0) is 20.9. The molecule has 0 saturated carbocycles. The number of aryl methyl sites for hydroxylation is 1. The first-order chi connectivity index (χ1) is 13.3. The molecule has 0 heterocycles. The Balaban J connectivity index is 2.27. The summed E-state index contributed by atoms with van der Waals surface area (Å²) in [6.07, 6.45) is 0.804. The van der Waals surface area contributed by atoms with Crippen LogP contribution in [0, 0.1) is 0 Å². The summed E-state index contributed by atoms with van der Waals surface area (Å²) in [5.41, 5.74) is 6.43. The average molecular weight is 394 g/mol. The number of amides is 1. The van der Waals surface area contributed by atoms with Crippen LogP contribution in [0.15, 0.2) is 30.3 Å². The van der Waals surface area contributed by atoms with E-state index in [0.717, 1.165) is 12.0 Å². The topological polar surface area (TPSA) is 156 Å². The van der Waals surface area contributed by atoms with Crippen molar-refractivity contribution in [1.82, 2.24) is 5.32 Å². The monoisotopic (exact) mass is 394 g/mol. The van der Waals surface area contributed by atoms with Crippen molar-refractivity contribution in [3.63, 3.8) is 0 Å². The van der Waals surface area contributed by atoms with E-state index < -0.39 is 35.9 Å². The molecule has 0 saturated heterocycles. The highest BCUT2D eigenvalue weighted by molar-refractivity contribution is 5.84. The summed E-state index contributed by atoms with van der Waals surface area (Å²) >= 11 is 0. The Hall–Kier alpha value is -2.94. The Morgan fingerprint density at radius 3 is 2.29 bits per heavy atom. The second-order valence-corrected chi connectivity index (χ2v) is 6.29. The summed E-state index contributed by atoms with van der Waals surface area (Å²) in [6, 6.07) is 7.28. The van der Waals surface area contributed by atoms with Crippen LogP contribution in [0.1, 0.15) is 37.7 Å². The highest BCUT2D eigenvalue weighted by Gasteiger charge is 2.22. The van der Waals surface area contributed by atoms with E-state index in [2.05, 4.69) is 5.32 Å². The number of carbonyl (C=O) groups is 4. The van der Waals surface area contributed by atoms with Crippen molar-refractivity contribution in [3.8, 4) is 0 Å². The van der Waals surface area contributed by atoms with E-state index in [1.165, 1.54) is 0 Å². The number of esters is 1. The van der Waals surface area contributed by atoms with Gasteiger partial charge in [0.05, 0.1) is 6.61 Å². The first-order valence-electron chi connectivity index (χ1n) is 8.99. The van der Waals surface area contributed by atoms with Gasteiger partial charge in [0.25, 0.3) is 0 Å². The van der Waals surface area contributed by atoms with E-state index in [1.54, 1.807) is 0 Å². The lowest BCUT2D eigenvalue weighted by molar-refractivity contribution is -0.146. The van der Waals surface area contributed by atoms with Crippen molar-refractivity contribution in [1.29, 1.82) is 0 Å². The number of hydrogen-bond acceptors (Lipinski definition) is 6. The molecule has 0 aromatic heterocycles. The van der Waals surface area contributed by atoms with Crippen LogP contribution < -0.4 is 11.1 Å². The van der Waals surface area contributed by atoms with Gasteiger partial charge in [0, 0.05) is 12.8 Å². The molecule has 1 aromatic carbocycles. The molecule has 0 aliphatic heterocycles. The number of nitrogens with one attached hydrogen (secondary N) is 1. The fourth-order valence-electron chi connectivity index (χ4n) is 2.38. The van der Waals surface area contributed by atoms with Crippen LogP contribution in [0.2, 0.25) is 0 Å². The van der Waals surface area contributed by atoms with E-state index in [-0.39, 0.29) is 32.3 Å². The van der Waals surface area contributed by atoms with Gasteiger partial charge in [-0.05, 0) is 31.2 Å². The molecule has 154 valence electrons. The third kappa shape index (κ3) is 9.67. The van der Waals surface area contributed by atoms with Crippen LogP contribution >= 0.6 is 0 Å². The molecule has 0 aliphatic carbocycles. The second kappa shape index (κ2) is 12.4. The Labute approximate surface area is 162 Å². The molecule has 0 fully saturated rings. The molecule has 5 N–H and O–H groups in total. The fraction of sp³-hybridized carbons (Fsp3) is 0.474. The van der Waals surface area contributed by atoms with Crippen LogP contribution in [0.5, 0.6) is 0 Å². The average Bonchev–Trinajstić information content (AvgIpc) is 2.67. The quantitative estimate of drug-likeness (QED) is 0.281. The number of benzene rings is 1. The summed E-state index contributed by atoms with van der Waals surface area (Å²) in [7, 11) is 0. The normalized spacial score (nSPS) is 12.6. The smallest absolute Gasteiger partial charge is 0.326 e. The summed E-state index contributed by atoms with van der Waals surface area (Å²) in [6.45, 7) is 0.227. The van der Waals surface area contributed by atoms with Gasteiger partial charge >= 0.3 is 17.9 Å². The predicted octanol–water partition coefficient (Wildman–Crippen LogP) is 0.704. The Bertz CT molecular complexity index is 664. The first kappa shape index (κ1) is 23.1. The zero-order valence-corrected chi connectivity index (χ0v) is 15.5. The summed E-state index contributed by atoms with van der Waals surface area (Å²) < 4.78 is 5.08. The first-order valence-corrected chi connectivity index (χ1v) is 8.99. The second-order valence-electron chi connectivity index (χ2n) is 6.29. The fourth-order valence-corrected chi connectivity index (χ4v) is 2.38. The molecule has 1 rings (SSSR count). The molecule has 9 heteroatoms. The Kier molecular flexibility index (Phi) is 10.3. The molecule has 28 heavy (non-hydrogen) atoms. The number of aliphatic carboxylic acids is 2. The van der Waals surface area contributed by atoms with Crippen LogP contribution in [-0.2, 0) is 30.3 Å². The number of carboxylic acids is 2. The highest BCUT2D eigenvalue weighted by atomic mass is 16.5. The van der Waals surface area contributed by atoms with E-state index in [4.69, 9.17) is 20.7 Å². The van der Waals surface area contributed by atoms with Gasteiger partial charge in [-0.25, -0.2) is 4.79 Å². The Morgan fingerprint density at radius 2 is 1.68 bits per heavy atom. The van der Waals surface area contributed by atoms with Crippen molar-refractivity contribution in [3.05, 3.63) is 35.9 Å². The van der Waals surface area contributed by atoms with Gasteiger partial charge in [0.15, 0.2) is 0 Å². The molecule has 1 amide bonds. The van der Waals surface area contributed by atoms with E-state index in [9.17, 15) is 19.2 Å². The SMILES string of the molecule is N[C@@H](CCC(=O)N[C@@H](CCC(=O)OCCCc1ccccc1)C(=O)O)C(=O)O. The molecule has 0 unspecified atom stereocenters. The molecule has 0 spiro atoms. The summed E-state index contributed by atoms with van der Waals surface area (Å²) in [5, 5.41) is 20.1. The maximum atomic E-state index is 11.7. The van der Waals surface area contributed by atoms with Gasteiger partial charge in [-0.1, -0.05) is 30.3 Å². The summed E-state index contributed by atoms with van der Waals surface area (Å²) in [5.74, 6) is -3.70. The maximum absolute atomic E-state index is 11.7. The highest BCUT2D eigenvalue weighted by Crippen LogP contribution is 2.05. The lowest BCUT2D eigenvalue weighted by atomic mass is 10.1. The Morgan fingerprint density at radius 1 is 1.00 bits per heavy atom. The van der Waals surface area contributed by atoms with Crippen LogP contribution in [0.4, 0.5) is 0 Å². The number of hydrogen-bond donors (Lipinski definition) is 4. The number of nitrogens with two attached hydrogens (primary N) is 1. The molecular formula is C19H26N2O7. The van der Waals surface area contributed by atoms with Crippen molar-refractivity contribution in [2.45, 2.75) is 50.6 Å². The molecule has 2 atom stereocenters. The van der Waals surface area contributed by atoms with Crippen molar-refractivity contribution in [2.75, 3.05) is 6.61 Å². The van der Waals surface area contributed by atoms with Gasteiger partial charge < -0.3 is 26.0 Å². The third-order valence-corrected chi connectivity index (χ3v) is 3.99. The standard InChI is InChI=1S/C19H26N2O7/c20-14(18(24)25)8-10-16(22)21-15(19(26)27)9-11-17(23)28-12-4-7-13-5-2-1-3-6-13/h1-3,5-6,14-15H,4,7-12,20H2,(H,21,22)(H,24,25)(H,26,27)/t14-,15-/m0/s1. The molecule has 0 aliphatic rings. The minimum Gasteiger partial charge on any atom is -0.480 e. The molecule has 0 bridgehead atoms. The molecular weight excluding hydrogens is 368 g/mol. The van der Waals surface area contributed by atoms with E-state index in [0.29, 0.717) is 6.42 Å². The summed E-state index contributed by atoms with van der Waals surface area (Å²) in [4.78, 5) is 45.3. The molecule has 0 radical (unpaired) electrons. The zero-order valence-electron chi connectivity index (χ0n) is 15.5. The van der Waals surface area contributed by atoms with Crippen molar-refractivity contribution >= 4 is 23.8 Å². The van der Waals surface area contributed by atoms with Gasteiger partial charge in [0.2, 0.25) is 5.91 Å². The van der Waals surface area contributed by atoms with E-state index in [1.807, 2.05) is 30.3 Å². The maximum Gasteiger partial charge on any atom is 0.326 e. The minimum atomic E-state index is -1.28.